The van der Waals surface area contributed by atoms with Crippen LogP contribution >= 0.6 is 0 Å². The fourth-order valence-electron chi connectivity index (χ4n) is 3.41. The topological polar surface area (TPSA) is 115 Å². The van der Waals surface area contributed by atoms with Crippen LogP contribution in [0, 0.1) is 0 Å². The Morgan fingerprint density at radius 1 is 0.969 bits per heavy atom. The number of fused-ring (bicyclic) bond motifs is 1. The summed E-state index contributed by atoms with van der Waals surface area (Å²) in [5.74, 6) is -1.19. The van der Waals surface area contributed by atoms with Gasteiger partial charge >= 0.3 is 0 Å². The molecule has 0 aliphatic carbocycles. The van der Waals surface area contributed by atoms with E-state index < -0.39 is 17.7 Å². The second kappa shape index (κ2) is 9.56. The molecule has 2 aromatic carbocycles. The Morgan fingerprint density at radius 3 is 2.28 bits per heavy atom. The van der Waals surface area contributed by atoms with Gasteiger partial charge in [-0.3, -0.25) is 19.6 Å². The number of imide groups is 1. The molecule has 0 aromatic heterocycles. The number of benzene rings is 2. The molecule has 170 valence electrons. The maximum absolute atomic E-state index is 12.8. The largest absolute Gasteiger partial charge is 0.493 e. The molecule has 10 heteroatoms. The van der Waals surface area contributed by atoms with Crippen molar-refractivity contribution in [2.45, 2.75) is 19.8 Å². The van der Waals surface area contributed by atoms with Crippen LogP contribution in [0.2, 0.25) is 0 Å². The highest BCUT2D eigenvalue weighted by Gasteiger charge is 2.44. The summed E-state index contributed by atoms with van der Waals surface area (Å²) in [5.41, 5.74) is 0.668. The van der Waals surface area contributed by atoms with E-state index in [1.54, 1.807) is 18.2 Å². The van der Waals surface area contributed by atoms with E-state index in [1.165, 1.54) is 33.5 Å². The van der Waals surface area contributed by atoms with Crippen LogP contribution in [-0.4, -0.2) is 61.0 Å². The average molecular weight is 444 g/mol. The minimum Gasteiger partial charge on any atom is -0.493 e. The number of aryl methyl sites for hydroxylation is 1. The molecule has 3 rings (SSSR count). The number of hydrazine groups is 1. The lowest BCUT2D eigenvalue weighted by atomic mass is 10.1. The summed E-state index contributed by atoms with van der Waals surface area (Å²) in [5, 5.41) is 10.8. The Balaban J connectivity index is 1.76. The SMILES string of the molecule is CCOc1cc(CCC(=O)N(O)N2C(=O)c3ccc(OC)c(OC)c3C2=O)ccc1OC. The number of rotatable bonds is 9. The number of carbonyl (C=O) groups is 3. The third-order valence-corrected chi connectivity index (χ3v) is 4.94. The predicted molar refractivity (Wildman–Crippen MR) is 111 cm³/mol. The van der Waals surface area contributed by atoms with E-state index in [0.717, 1.165) is 5.56 Å². The Kier molecular flexibility index (Phi) is 6.84. The fourth-order valence-corrected chi connectivity index (χ4v) is 3.41. The molecule has 0 fully saturated rings. The molecule has 1 heterocycles. The number of methoxy groups -OCH3 is 3. The lowest BCUT2D eigenvalue weighted by Crippen LogP contribution is -2.47. The number of nitrogens with zero attached hydrogens (tertiary/aromatic N) is 2. The molecule has 0 saturated heterocycles. The van der Waals surface area contributed by atoms with Gasteiger partial charge in [0.1, 0.15) is 5.56 Å². The van der Waals surface area contributed by atoms with E-state index in [0.29, 0.717) is 23.1 Å². The molecule has 32 heavy (non-hydrogen) atoms. The summed E-state index contributed by atoms with van der Waals surface area (Å²) in [6.45, 7) is 2.28. The standard InChI is InChI=1S/C22H24N2O8/c1-5-32-17-12-13(6-9-15(17)29-2)7-11-18(25)24(28)23-21(26)14-8-10-16(30-3)20(31-4)19(14)22(23)27/h6,8-10,12,28H,5,7,11H2,1-4H3. The number of amides is 3. The quantitative estimate of drug-likeness (QED) is 0.356. The first-order valence-electron chi connectivity index (χ1n) is 9.83. The van der Waals surface area contributed by atoms with E-state index in [4.69, 9.17) is 18.9 Å². The smallest absolute Gasteiger partial charge is 0.286 e. The van der Waals surface area contributed by atoms with Gasteiger partial charge in [0.15, 0.2) is 23.0 Å². The fraction of sp³-hybridized carbons (Fsp3) is 0.318. The van der Waals surface area contributed by atoms with Crippen molar-refractivity contribution in [3.63, 3.8) is 0 Å². The highest BCUT2D eigenvalue weighted by molar-refractivity contribution is 6.23. The van der Waals surface area contributed by atoms with Gasteiger partial charge in [0, 0.05) is 6.42 Å². The van der Waals surface area contributed by atoms with Gasteiger partial charge in [-0.05, 0) is 43.2 Å². The second-order valence-corrected chi connectivity index (χ2v) is 6.75. The van der Waals surface area contributed by atoms with Crippen LogP contribution < -0.4 is 18.9 Å². The van der Waals surface area contributed by atoms with Crippen molar-refractivity contribution in [3.05, 3.63) is 47.0 Å². The number of hydrogen-bond acceptors (Lipinski definition) is 8. The van der Waals surface area contributed by atoms with Crippen molar-refractivity contribution >= 4 is 17.7 Å². The molecular weight excluding hydrogens is 420 g/mol. The van der Waals surface area contributed by atoms with Gasteiger partial charge in [0.25, 0.3) is 17.7 Å². The van der Waals surface area contributed by atoms with Gasteiger partial charge in [-0.15, -0.1) is 5.17 Å². The van der Waals surface area contributed by atoms with Crippen molar-refractivity contribution < 1.29 is 38.5 Å². The van der Waals surface area contributed by atoms with Crippen molar-refractivity contribution in [1.82, 2.24) is 10.2 Å². The Hall–Kier alpha value is -3.79. The molecule has 1 aliphatic heterocycles. The first kappa shape index (κ1) is 22.9. The third-order valence-electron chi connectivity index (χ3n) is 4.94. The van der Waals surface area contributed by atoms with E-state index >= 15 is 0 Å². The Labute approximate surface area is 184 Å². The van der Waals surface area contributed by atoms with Crippen LogP contribution in [0.15, 0.2) is 30.3 Å². The molecule has 0 atom stereocenters. The van der Waals surface area contributed by atoms with Crippen molar-refractivity contribution in [1.29, 1.82) is 0 Å². The summed E-state index contributed by atoms with van der Waals surface area (Å²) < 4.78 is 21.1. The summed E-state index contributed by atoms with van der Waals surface area (Å²) in [6.07, 6.45) is 0.0720. The highest BCUT2D eigenvalue weighted by Crippen LogP contribution is 2.38. The molecule has 10 nitrogen and oxygen atoms in total. The first-order chi connectivity index (χ1) is 15.4. The van der Waals surface area contributed by atoms with Crippen LogP contribution in [0.1, 0.15) is 39.6 Å². The first-order valence-corrected chi connectivity index (χ1v) is 9.83. The molecule has 3 amide bonds. The summed E-state index contributed by atoms with van der Waals surface area (Å²) >= 11 is 0. The number of hydrogen-bond donors (Lipinski definition) is 1. The molecule has 0 bridgehead atoms. The molecular formula is C22H24N2O8. The summed E-state index contributed by atoms with van der Waals surface area (Å²) in [6, 6.07) is 8.05. The Morgan fingerprint density at radius 2 is 1.66 bits per heavy atom. The number of ether oxygens (including phenoxy) is 4. The van der Waals surface area contributed by atoms with Crippen molar-refractivity contribution in [3.8, 4) is 23.0 Å². The molecule has 1 aliphatic rings. The zero-order valence-corrected chi connectivity index (χ0v) is 18.2. The number of carbonyl (C=O) groups excluding carboxylic acids is 3. The highest BCUT2D eigenvalue weighted by atomic mass is 16.6. The monoisotopic (exact) mass is 444 g/mol. The van der Waals surface area contributed by atoms with Crippen LogP contribution in [0.4, 0.5) is 0 Å². The molecule has 1 N–H and O–H groups in total. The Bertz CT molecular complexity index is 1050. The molecule has 0 radical (unpaired) electrons. The maximum atomic E-state index is 12.8. The van der Waals surface area contributed by atoms with Gasteiger partial charge in [0.2, 0.25) is 0 Å². The molecule has 0 spiro atoms. The van der Waals surface area contributed by atoms with Gasteiger partial charge in [-0.2, -0.15) is 5.01 Å². The molecule has 0 saturated carbocycles. The molecule has 0 unspecified atom stereocenters. The van der Waals surface area contributed by atoms with Crippen molar-refractivity contribution in [2.75, 3.05) is 27.9 Å². The minimum atomic E-state index is -0.889. The second-order valence-electron chi connectivity index (χ2n) is 6.75. The van der Waals surface area contributed by atoms with Crippen LogP contribution in [0.5, 0.6) is 23.0 Å². The van der Waals surface area contributed by atoms with E-state index in [2.05, 4.69) is 0 Å². The van der Waals surface area contributed by atoms with E-state index in [1.807, 2.05) is 6.92 Å². The maximum Gasteiger partial charge on any atom is 0.286 e. The van der Waals surface area contributed by atoms with E-state index in [9.17, 15) is 19.6 Å². The molecule has 2 aromatic rings. The van der Waals surface area contributed by atoms with E-state index in [-0.39, 0.29) is 40.6 Å². The van der Waals surface area contributed by atoms with Crippen LogP contribution in [0.3, 0.4) is 0 Å². The zero-order valence-electron chi connectivity index (χ0n) is 18.2. The lowest BCUT2D eigenvalue weighted by Gasteiger charge is -2.23. The normalized spacial score (nSPS) is 12.5. The average Bonchev–Trinajstić information content (AvgIpc) is 3.06. The lowest BCUT2D eigenvalue weighted by molar-refractivity contribution is -0.208. The van der Waals surface area contributed by atoms with Crippen LogP contribution in [-0.2, 0) is 11.2 Å². The third kappa shape index (κ3) is 4.04. The van der Waals surface area contributed by atoms with Gasteiger partial charge in [-0.25, -0.2) is 0 Å². The predicted octanol–water partition coefficient (Wildman–Crippen LogP) is 2.47. The van der Waals surface area contributed by atoms with Crippen LogP contribution in [0.25, 0.3) is 0 Å². The number of hydroxylamine groups is 1. The van der Waals surface area contributed by atoms with Gasteiger partial charge < -0.3 is 18.9 Å². The summed E-state index contributed by atoms with van der Waals surface area (Å²) in [7, 11) is 4.24. The van der Waals surface area contributed by atoms with Gasteiger partial charge in [-0.1, -0.05) is 6.07 Å². The van der Waals surface area contributed by atoms with Crippen molar-refractivity contribution in [2.24, 2.45) is 0 Å². The summed E-state index contributed by atoms with van der Waals surface area (Å²) in [4.78, 5) is 38.1. The van der Waals surface area contributed by atoms with Gasteiger partial charge in [0.05, 0.1) is 33.5 Å². The zero-order chi connectivity index (χ0) is 23.4. The minimum absolute atomic E-state index is 0.00369.